The molecule has 2 bridgehead atoms. The highest BCUT2D eigenvalue weighted by Crippen LogP contribution is 2.38. The number of carbonyl (C=O) groups excluding carboxylic acids is 2. The topological polar surface area (TPSA) is 162 Å². The van der Waals surface area contributed by atoms with Crippen molar-refractivity contribution in [2.45, 2.75) is 57.5 Å². The number of carboxylic acid groups (broad SMARTS) is 1. The average Bonchev–Trinajstić information content (AvgIpc) is 4.03. The van der Waals surface area contributed by atoms with E-state index in [0.717, 1.165) is 51.2 Å². The Balaban J connectivity index is 0.00000183. The number of nitrogens with zero attached hydrogens (tertiary/aromatic N) is 3. The zero-order valence-corrected chi connectivity index (χ0v) is 32.6. The summed E-state index contributed by atoms with van der Waals surface area (Å²) in [6.45, 7) is -0.342. The lowest BCUT2D eigenvalue weighted by Crippen LogP contribution is -2.53. The number of phenols is 1. The number of aromatic nitrogens is 1. The van der Waals surface area contributed by atoms with Gasteiger partial charge in [0, 0.05) is 18.5 Å². The first kappa shape index (κ1) is 42.2. The number of anilines is 1. The van der Waals surface area contributed by atoms with Gasteiger partial charge in [-0.2, -0.15) is 13.5 Å². The molecule has 3 saturated heterocycles. The van der Waals surface area contributed by atoms with Crippen LogP contribution in [0.4, 0.5) is 19.3 Å². The van der Waals surface area contributed by atoms with Gasteiger partial charge in [0.25, 0.3) is 6.47 Å². The fourth-order valence-electron chi connectivity index (χ4n) is 6.97. The number of ether oxygens (including phenoxy) is 4. The van der Waals surface area contributed by atoms with Crippen molar-refractivity contribution in [3.05, 3.63) is 117 Å². The molecule has 2 N–H and O–H groups in total. The van der Waals surface area contributed by atoms with Gasteiger partial charge < -0.3 is 34.4 Å². The maximum Gasteiger partial charge on any atom is 0.415 e. The predicted octanol–water partition coefficient (Wildman–Crippen LogP) is 7.80. The summed E-state index contributed by atoms with van der Waals surface area (Å²) in [5.74, 6) is -0.337. The number of amides is 1. The molecule has 17 heteroatoms. The van der Waals surface area contributed by atoms with Crippen molar-refractivity contribution in [3.63, 3.8) is 0 Å². The minimum Gasteiger partial charge on any atom is -0.619 e. The van der Waals surface area contributed by atoms with Gasteiger partial charge in [-0.1, -0.05) is 53.5 Å². The molecule has 1 unspecified atom stereocenters. The van der Waals surface area contributed by atoms with Crippen molar-refractivity contribution in [3.8, 4) is 17.2 Å². The number of benzene rings is 3. The minimum absolute atomic E-state index is 0.0385. The second kappa shape index (κ2) is 19.4. The van der Waals surface area contributed by atoms with Crippen LogP contribution in [0.15, 0.2) is 79.1 Å². The summed E-state index contributed by atoms with van der Waals surface area (Å²) < 4.78 is 49.6. The van der Waals surface area contributed by atoms with Gasteiger partial charge in [-0.15, -0.1) is 0 Å². The van der Waals surface area contributed by atoms with Crippen LogP contribution in [0.2, 0.25) is 10.0 Å². The Hall–Kier alpha value is -5.38. The average molecular weight is 845 g/mol. The van der Waals surface area contributed by atoms with Crippen molar-refractivity contribution in [2.24, 2.45) is 11.8 Å². The minimum atomic E-state index is -3.09. The molecule has 8 rings (SSSR count). The molecule has 1 aromatic heterocycles. The first-order valence-corrected chi connectivity index (χ1v) is 19.3. The molecule has 4 aromatic rings. The van der Waals surface area contributed by atoms with Crippen LogP contribution in [-0.2, 0) is 27.2 Å². The van der Waals surface area contributed by atoms with Gasteiger partial charge in [0.2, 0.25) is 0 Å². The Kier molecular flexibility index (Phi) is 14.1. The molecule has 4 heterocycles. The predicted molar refractivity (Wildman–Crippen MR) is 207 cm³/mol. The van der Waals surface area contributed by atoms with Gasteiger partial charge in [-0.25, -0.2) is 9.59 Å². The van der Waals surface area contributed by atoms with E-state index < -0.39 is 24.8 Å². The number of aromatic hydroxyl groups is 1. The highest BCUT2D eigenvalue weighted by molar-refractivity contribution is 6.35. The maximum absolute atomic E-state index is 13.7. The van der Waals surface area contributed by atoms with E-state index in [4.69, 9.17) is 52.1 Å². The van der Waals surface area contributed by atoms with Gasteiger partial charge in [0.1, 0.15) is 28.0 Å². The fourth-order valence-corrected chi connectivity index (χ4v) is 7.56. The van der Waals surface area contributed by atoms with E-state index in [-0.39, 0.29) is 70.0 Å². The zero-order chi connectivity index (χ0) is 41.3. The number of carbonyl (C=O) groups is 3. The Morgan fingerprint density at radius 1 is 0.983 bits per heavy atom. The number of hydrogen-bond acceptors (Lipinski definition) is 10. The van der Waals surface area contributed by atoms with Crippen LogP contribution in [-0.4, -0.2) is 72.6 Å². The second-order valence-corrected chi connectivity index (χ2v) is 15.0. The molecule has 58 heavy (non-hydrogen) atoms. The summed E-state index contributed by atoms with van der Waals surface area (Å²) in [5, 5.41) is 29.6. The molecule has 4 aliphatic rings. The standard InChI is InChI=1S/C40H39Cl2F2N3O8.CH2O2/c41-30-20-46(51)21-31(42)29(30)18-35(28-11-12-34(54-39(43)44)36(17-28)52-23-25-5-6-25)53-38(49)27-9-7-24(8-10-27)19-47(32-3-1-2-4-33(32)48)40(50)55-37-22-45-15-13-26(37)14-16-45;2-1-3/h1-4,7-12,17,20-21,25-26,35,37,39,48H,5-6,13-16,18-19,22-23H2;1H,(H,2,3)/t35?,37-;/m0./s1. The Morgan fingerprint density at radius 3 is 2.26 bits per heavy atom. The molecule has 0 radical (unpaired) electrons. The first-order chi connectivity index (χ1) is 27.9. The molecule has 1 saturated carbocycles. The number of phenolic OH excluding ortho intramolecular Hbond substituents is 1. The van der Waals surface area contributed by atoms with E-state index in [9.17, 15) is 28.7 Å². The summed E-state index contributed by atoms with van der Waals surface area (Å²) in [6.07, 6.45) is 4.13. The fraction of sp³-hybridized carbons (Fsp3) is 0.366. The van der Waals surface area contributed by atoms with Gasteiger partial charge >= 0.3 is 18.7 Å². The van der Waals surface area contributed by atoms with Crippen LogP contribution in [0.5, 0.6) is 17.2 Å². The molecule has 308 valence electrons. The van der Waals surface area contributed by atoms with Crippen LogP contribution in [0.25, 0.3) is 0 Å². The molecule has 1 amide bonds. The van der Waals surface area contributed by atoms with Crippen molar-refractivity contribution < 1.29 is 57.1 Å². The number of hydrogen-bond donors (Lipinski definition) is 2. The van der Waals surface area contributed by atoms with Crippen LogP contribution in [0, 0.1) is 17.0 Å². The second-order valence-electron chi connectivity index (χ2n) is 14.2. The molecule has 3 aliphatic heterocycles. The molecule has 3 aromatic carbocycles. The van der Waals surface area contributed by atoms with Crippen molar-refractivity contribution >= 4 is 47.4 Å². The van der Waals surface area contributed by atoms with E-state index in [0.29, 0.717) is 40.5 Å². The lowest BCUT2D eigenvalue weighted by atomic mass is 9.86. The molecule has 0 spiro atoms. The number of pyridine rings is 1. The highest BCUT2D eigenvalue weighted by atomic mass is 35.5. The number of piperidine rings is 3. The molecular weight excluding hydrogens is 803 g/mol. The van der Waals surface area contributed by atoms with E-state index in [2.05, 4.69) is 4.90 Å². The molecule has 2 atom stereocenters. The monoisotopic (exact) mass is 843 g/mol. The molecular formula is C41H41Cl2F2N3O10. The van der Waals surface area contributed by atoms with Gasteiger partial charge in [0.15, 0.2) is 23.9 Å². The third kappa shape index (κ3) is 11.0. The summed E-state index contributed by atoms with van der Waals surface area (Å²) in [5.41, 5.74) is 1.80. The van der Waals surface area contributed by atoms with E-state index in [1.807, 2.05) is 0 Å². The van der Waals surface area contributed by atoms with Crippen LogP contribution < -0.4 is 19.1 Å². The number of para-hydroxylation sites is 2. The molecule has 1 aliphatic carbocycles. The largest absolute Gasteiger partial charge is 0.619 e. The van der Waals surface area contributed by atoms with Crippen LogP contribution >= 0.6 is 23.2 Å². The van der Waals surface area contributed by atoms with Crippen molar-refractivity contribution in [1.29, 1.82) is 0 Å². The summed E-state index contributed by atoms with van der Waals surface area (Å²) >= 11 is 12.8. The lowest BCUT2D eigenvalue weighted by molar-refractivity contribution is -0.605. The number of alkyl halides is 2. The van der Waals surface area contributed by atoms with Gasteiger partial charge in [0.05, 0.1) is 24.4 Å². The number of halogens is 4. The zero-order valence-electron chi connectivity index (χ0n) is 31.1. The Morgan fingerprint density at radius 2 is 1.66 bits per heavy atom. The van der Waals surface area contributed by atoms with Gasteiger partial charge in [-0.3, -0.25) is 14.6 Å². The SMILES string of the molecule is O=C(OC(Cc1c(Cl)c[n+]([O-])cc1Cl)c1ccc(OC(F)F)c(OCC2CC2)c1)c1ccc(CN(C(=O)O[C@H]2CN3CCC2CC3)c2ccccc2O)cc1.O=CO. The van der Waals surface area contributed by atoms with Crippen molar-refractivity contribution in [2.75, 3.05) is 31.1 Å². The Bertz CT molecular complexity index is 2040. The Labute approximate surface area is 342 Å². The summed E-state index contributed by atoms with van der Waals surface area (Å²) in [7, 11) is 0. The molecule has 4 fully saturated rings. The van der Waals surface area contributed by atoms with E-state index in [1.54, 1.807) is 42.5 Å². The highest BCUT2D eigenvalue weighted by Gasteiger charge is 2.38. The summed E-state index contributed by atoms with van der Waals surface area (Å²) in [6, 6.07) is 17.2. The summed E-state index contributed by atoms with van der Waals surface area (Å²) in [4.78, 5) is 39.4. The van der Waals surface area contributed by atoms with E-state index in [1.165, 1.54) is 29.2 Å². The maximum atomic E-state index is 13.7. The third-order valence-corrected chi connectivity index (χ3v) is 10.8. The first-order valence-electron chi connectivity index (χ1n) is 18.6. The van der Waals surface area contributed by atoms with E-state index >= 15 is 0 Å². The van der Waals surface area contributed by atoms with Crippen LogP contribution in [0.3, 0.4) is 0 Å². The quantitative estimate of drug-likeness (QED) is 0.0552. The van der Waals surface area contributed by atoms with Crippen molar-refractivity contribution in [1.82, 2.24) is 4.90 Å². The van der Waals surface area contributed by atoms with Crippen LogP contribution in [0.1, 0.15) is 58.8 Å². The number of fused-ring (bicyclic) bond motifs is 3. The smallest absolute Gasteiger partial charge is 0.415 e. The normalized spacial score (nSPS) is 18.7. The van der Waals surface area contributed by atoms with Gasteiger partial charge in [-0.05, 0) is 98.1 Å². The number of esters is 1. The lowest BCUT2D eigenvalue weighted by Gasteiger charge is -2.44. The number of rotatable bonds is 14. The third-order valence-electron chi connectivity index (χ3n) is 10.2. The molecule has 13 nitrogen and oxygen atoms in total.